The molecule has 3 N–H and O–H groups in total. The van der Waals surface area contributed by atoms with E-state index in [-0.39, 0.29) is 25.6 Å². The molecule has 0 aliphatic heterocycles. The number of thiophene rings is 1. The van der Waals surface area contributed by atoms with Crippen LogP contribution in [-0.4, -0.2) is 56.0 Å². The van der Waals surface area contributed by atoms with Crippen molar-refractivity contribution in [2.75, 3.05) is 38.7 Å². The lowest BCUT2D eigenvalue weighted by atomic mass is 10.0. The lowest BCUT2D eigenvalue weighted by molar-refractivity contribution is -0.121. The van der Waals surface area contributed by atoms with Gasteiger partial charge in [0.25, 0.3) is 0 Å². The van der Waals surface area contributed by atoms with Crippen LogP contribution in [-0.2, 0) is 14.3 Å². The van der Waals surface area contributed by atoms with Gasteiger partial charge in [-0.15, -0.1) is 11.3 Å². The van der Waals surface area contributed by atoms with Gasteiger partial charge in [-0.3, -0.25) is 14.5 Å². The number of benzene rings is 1. The second kappa shape index (κ2) is 12.1. The highest BCUT2D eigenvalue weighted by Crippen LogP contribution is 2.36. The van der Waals surface area contributed by atoms with Crippen molar-refractivity contribution in [1.82, 2.24) is 4.90 Å². The number of hydrogen-bond acceptors (Lipinski definition) is 7. The maximum Gasteiger partial charge on any atom is 0.341 e. The molecule has 1 aromatic carbocycles. The Labute approximate surface area is 186 Å². The Morgan fingerprint density at radius 3 is 2.42 bits per heavy atom. The molecule has 0 radical (unpaired) electrons. The van der Waals surface area contributed by atoms with Crippen molar-refractivity contribution in [3.05, 3.63) is 35.2 Å². The normalized spacial score (nSPS) is 10.7. The summed E-state index contributed by atoms with van der Waals surface area (Å²) in [6, 6.07) is 7.29. The minimum Gasteiger partial charge on any atom is -0.497 e. The van der Waals surface area contributed by atoms with E-state index in [2.05, 4.69) is 5.32 Å². The van der Waals surface area contributed by atoms with E-state index in [1.165, 1.54) is 11.3 Å². The number of ether oxygens (including phenoxy) is 2. The van der Waals surface area contributed by atoms with Gasteiger partial charge in [-0.2, -0.15) is 0 Å². The first-order valence-electron chi connectivity index (χ1n) is 10.1. The number of esters is 1. The van der Waals surface area contributed by atoms with Gasteiger partial charge >= 0.3 is 5.97 Å². The summed E-state index contributed by atoms with van der Waals surface area (Å²) in [7, 11) is 1.58. The summed E-state index contributed by atoms with van der Waals surface area (Å²) in [5.74, 6) is -0.628. The van der Waals surface area contributed by atoms with Crippen molar-refractivity contribution >= 4 is 34.1 Å². The van der Waals surface area contributed by atoms with Crippen molar-refractivity contribution in [3.8, 4) is 16.9 Å². The number of nitrogens with zero attached hydrogens (tertiary/aromatic N) is 1. The molecule has 8 nitrogen and oxygen atoms in total. The fourth-order valence-corrected chi connectivity index (χ4v) is 4.00. The predicted octanol–water partition coefficient (Wildman–Crippen LogP) is 3.13. The van der Waals surface area contributed by atoms with E-state index < -0.39 is 11.9 Å². The Morgan fingerprint density at radius 1 is 1.13 bits per heavy atom. The highest BCUT2D eigenvalue weighted by Gasteiger charge is 2.23. The highest BCUT2D eigenvalue weighted by molar-refractivity contribution is 7.15. The molecule has 31 heavy (non-hydrogen) atoms. The maximum absolute atomic E-state index is 12.7. The van der Waals surface area contributed by atoms with E-state index in [0.29, 0.717) is 28.4 Å². The average Bonchev–Trinajstić information content (AvgIpc) is 3.15. The molecule has 0 saturated heterocycles. The molecule has 0 atom stereocenters. The van der Waals surface area contributed by atoms with E-state index in [4.69, 9.17) is 15.2 Å². The van der Waals surface area contributed by atoms with Gasteiger partial charge in [0.2, 0.25) is 11.8 Å². The SMILES string of the molecule is CCCCN(CC(N)=O)CC(=O)Nc1scc(-c2ccc(OC)cc2)c1C(=O)OCC. The number of primary amides is 1. The Bertz CT molecular complexity index is 895. The van der Waals surface area contributed by atoms with E-state index in [1.807, 2.05) is 24.4 Å². The van der Waals surface area contributed by atoms with Gasteiger partial charge in [-0.1, -0.05) is 25.5 Å². The minimum atomic E-state index is -0.509. The van der Waals surface area contributed by atoms with E-state index >= 15 is 0 Å². The lowest BCUT2D eigenvalue weighted by Gasteiger charge is -2.19. The second-order valence-corrected chi connectivity index (χ2v) is 7.76. The summed E-state index contributed by atoms with van der Waals surface area (Å²) in [6.45, 7) is 4.55. The molecule has 2 rings (SSSR count). The van der Waals surface area contributed by atoms with Crippen molar-refractivity contribution in [3.63, 3.8) is 0 Å². The highest BCUT2D eigenvalue weighted by atomic mass is 32.1. The number of anilines is 1. The molecule has 0 aliphatic rings. The van der Waals surface area contributed by atoms with E-state index in [1.54, 1.807) is 31.1 Å². The van der Waals surface area contributed by atoms with Crippen LogP contribution >= 0.6 is 11.3 Å². The second-order valence-electron chi connectivity index (χ2n) is 6.88. The zero-order chi connectivity index (χ0) is 22.8. The van der Waals surface area contributed by atoms with Crippen LogP contribution < -0.4 is 15.8 Å². The molecule has 2 aromatic rings. The molecule has 0 bridgehead atoms. The first-order chi connectivity index (χ1) is 14.9. The molecule has 2 amide bonds. The Kier molecular flexibility index (Phi) is 9.48. The zero-order valence-electron chi connectivity index (χ0n) is 18.1. The number of unbranched alkanes of at least 4 members (excludes halogenated alkanes) is 1. The fraction of sp³-hybridized carbons (Fsp3) is 0.409. The largest absolute Gasteiger partial charge is 0.497 e. The Morgan fingerprint density at radius 2 is 1.84 bits per heavy atom. The first-order valence-corrected chi connectivity index (χ1v) is 11.0. The summed E-state index contributed by atoms with van der Waals surface area (Å²) in [4.78, 5) is 38.3. The van der Waals surface area contributed by atoms with E-state index in [0.717, 1.165) is 18.4 Å². The summed E-state index contributed by atoms with van der Waals surface area (Å²) >= 11 is 1.25. The third-order valence-corrected chi connectivity index (χ3v) is 5.39. The van der Waals surface area contributed by atoms with Crippen molar-refractivity contribution in [1.29, 1.82) is 0 Å². The van der Waals surface area contributed by atoms with Crippen LogP contribution in [0.25, 0.3) is 11.1 Å². The quantitative estimate of drug-likeness (QED) is 0.484. The van der Waals surface area contributed by atoms with Gasteiger partial charge < -0.3 is 20.5 Å². The molecule has 0 aliphatic carbocycles. The Balaban J connectivity index is 2.26. The average molecular weight is 448 g/mol. The fourth-order valence-electron chi connectivity index (χ4n) is 3.02. The molecule has 0 spiro atoms. The third kappa shape index (κ3) is 7.08. The minimum absolute atomic E-state index is 0.000305. The van der Waals surface area contributed by atoms with Gasteiger partial charge in [0, 0.05) is 10.9 Å². The molecular formula is C22H29N3O5S. The number of carbonyl (C=O) groups excluding carboxylic acids is 3. The number of nitrogens with one attached hydrogen (secondary N) is 1. The van der Waals surface area contributed by atoms with Crippen LogP contribution in [0.1, 0.15) is 37.0 Å². The van der Waals surface area contributed by atoms with Gasteiger partial charge in [0.1, 0.15) is 16.3 Å². The number of carbonyl (C=O) groups is 3. The standard InChI is InChI=1S/C22H29N3O5S/c1-4-6-11-25(12-18(23)26)13-19(27)24-21-20(22(28)30-5-2)17(14-31-21)15-7-9-16(29-3)10-8-15/h7-10,14H,4-6,11-13H2,1-3H3,(H2,23,26)(H,24,27). The van der Waals surface area contributed by atoms with Crippen LogP contribution in [0.15, 0.2) is 29.6 Å². The Hall–Kier alpha value is -2.91. The van der Waals surface area contributed by atoms with Gasteiger partial charge in [0.15, 0.2) is 0 Å². The molecule has 9 heteroatoms. The van der Waals surface area contributed by atoms with Crippen LogP contribution in [0.3, 0.4) is 0 Å². The zero-order valence-corrected chi connectivity index (χ0v) is 18.9. The van der Waals surface area contributed by atoms with E-state index in [9.17, 15) is 14.4 Å². The van der Waals surface area contributed by atoms with Crippen molar-refractivity contribution in [2.24, 2.45) is 5.73 Å². The van der Waals surface area contributed by atoms with Crippen LogP contribution in [0, 0.1) is 0 Å². The van der Waals surface area contributed by atoms with Crippen molar-refractivity contribution in [2.45, 2.75) is 26.7 Å². The van der Waals surface area contributed by atoms with Crippen LogP contribution in [0.4, 0.5) is 5.00 Å². The summed E-state index contributed by atoms with van der Waals surface area (Å²) < 4.78 is 10.4. The molecule has 168 valence electrons. The van der Waals surface area contributed by atoms with Crippen molar-refractivity contribution < 1.29 is 23.9 Å². The monoisotopic (exact) mass is 447 g/mol. The number of nitrogens with two attached hydrogens (primary N) is 1. The van der Waals surface area contributed by atoms with Gasteiger partial charge in [0.05, 0.1) is 26.8 Å². The molecular weight excluding hydrogens is 418 g/mol. The maximum atomic E-state index is 12.7. The molecule has 0 saturated carbocycles. The molecule has 1 heterocycles. The van der Waals surface area contributed by atoms with Gasteiger partial charge in [-0.25, -0.2) is 4.79 Å². The number of methoxy groups -OCH3 is 1. The number of rotatable bonds is 12. The number of hydrogen-bond donors (Lipinski definition) is 2. The first kappa shape index (κ1) is 24.4. The number of amides is 2. The molecule has 0 fully saturated rings. The summed E-state index contributed by atoms with van der Waals surface area (Å²) in [5.41, 5.74) is 7.08. The third-order valence-electron chi connectivity index (χ3n) is 4.50. The topological polar surface area (TPSA) is 111 Å². The summed E-state index contributed by atoms with van der Waals surface area (Å²) in [6.07, 6.45) is 1.77. The predicted molar refractivity (Wildman–Crippen MR) is 121 cm³/mol. The van der Waals surface area contributed by atoms with Crippen LogP contribution in [0.2, 0.25) is 0 Å². The van der Waals surface area contributed by atoms with Crippen LogP contribution in [0.5, 0.6) is 5.75 Å². The smallest absolute Gasteiger partial charge is 0.341 e. The molecule has 1 aromatic heterocycles. The summed E-state index contributed by atoms with van der Waals surface area (Å²) in [5, 5.41) is 5.02. The lowest BCUT2D eigenvalue weighted by Crippen LogP contribution is -2.39. The molecule has 0 unspecified atom stereocenters. The van der Waals surface area contributed by atoms with Gasteiger partial charge in [-0.05, 0) is 37.6 Å².